The minimum absolute atomic E-state index is 0.0556. The number of piperazine rings is 1. The average Bonchev–Trinajstić information content (AvgIpc) is 3.07. The van der Waals surface area contributed by atoms with E-state index in [-0.39, 0.29) is 11.8 Å². The molecule has 120 valence electrons. The molecule has 1 saturated heterocycles. The normalized spacial score (nSPS) is 14.9. The van der Waals surface area contributed by atoms with Gasteiger partial charge in [-0.25, -0.2) is 0 Å². The lowest BCUT2D eigenvalue weighted by atomic mass is 10.1. The van der Waals surface area contributed by atoms with E-state index in [1.165, 1.54) is 11.3 Å². The van der Waals surface area contributed by atoms with Gasteiger partial charge in [0.25, 0.3) is 11.8 Å². The first-order valence-electron chi connectivity index (χ1n) is 7.75. The predicted octanol–water partition coefficient (Wildman–Crippen LogP) is 2.96. The summed E-state index contributed by atoms with van der Waals surface area (Å²) < 4.78 is 0. The van der Waals surface area contributed by atoms with Gasteiger partial charge in [0.05, 0.1) is 4.88 Å². The molecule has 0 atom stereocenters. The number of thiophene rings is 1. The first-order valence-corrected chi connectivity index (χ1v) is 8.63. The summed E-state index contributed by atoms with van der Waals surface area (Å²) in [4.78, 5) is 29.4. The van der Waals surface area contributed by atoms with Gasteiger partial charge >= 0.3 is 0 Å². The summed E-state index contributed by atoms with van der Waals surface area (Å²) in [6, 6.07) is 9.66. The van der Waals surface area contributed by atoms with Gasteiger partial charge in [-0.1, -0.05) is 23.3 Å². The fourth-order valence-electron chi connectivity index (χ4n) is 2.95. The van der Waals surface area contributed by atoms with E-state index in [0.29, 0.717) is 26.2 Å². The Kier molecular flexibility index (Phi) is 4.48. The van der Waals surface area contributed by atoms with E-state index in [0.717, 1.165) is 21.6 Å². The van der Waals surface area contributed by atoms with Crippen LogP contribution in [0.3, 0.4) is 0 Å². The molecule has 5 heteroatoms. The molecule has 0 N–H and O–H groups in total. The smallest absolute Gasteiger partial charge is 0.264 e. The van der Waals surface area contributed by atoms with Crippen LogP contribution in [0.25, 0.3) is 0 Å². The molecule has 0 saturated carbocycles. The minimum Gasteiger partial charge on any atom is -0.335 e. The van der Waals surface area contributed by atoms with Crippen LogP contribution in [0.4, 0.5) is 0 Å². The molecule has 4 nitrogen and oxygen atoms in total. The molecular weight excluding hydrogens is 308 g/mol. The van der Waals surface area contributed by atoms with Crippen molar-refractivity contribution in [2.45, 2.75) is 13.8 Å². The van der Waals surface area contributed by atoms with Crippen molar-refractivity contribution >= 4 is 23.2 Å². The Morgan fingerprint density at radius 2 is 1.48 bits per heavy atom. The Balaban J connectivity index is 1.64. The molecule has 23 heavy (non-hydrogen) atoms. The second kappa shape index (κ2) is 6.54. The second-order valence-corrected chi connectivity index (χ2v) is 6.89. The van der Waals surface area contributed by atoms with Crippen LogP contribution in [0.5, 0.6) is 0 Å². The highest BCUT2D eigenvalue weighted by molar-refractivity contribution is 7.12. The van der Waals surface area contributed by atoms with Gasteiger partial charge in [0.2, 0.25) is 0 Å². The van der Waals surface area contributed by atoms with E-state index in [1.54, 1.807) is 0 Å². The second-order valence-electron chi connectivity index (χ2n) is 5.94. The monoisotopic (exact) mass is 328 g/mol. The van der Waals surface area contributed by atoms with Gasteiger partial charge in [-0.3, -0.25) is 9.59 Å². The lowest BCUT2D eigenvalue weighted by Crippen LogP contribution is -2.50. The van der Waals surface area contributed by atoms with E-state index < -0.39 is 0 Å². The standard InChI is InChI=1S/C18H20N2O2S/c1-13-10-14(2)12-15(11-13)17(21)19-5-7-20(8-6-19)18(22)16-4-3-9-23-16/h3-4,9-12H,5-8H2,1-2H3. The van der Waals surface area contributed by atoms with Crippen molar-refractivity contribution in [3.8, 4) is 0 Å². The lowest BCUT2D eigenvalue weighted by molar-refractivity contribution is 0.0538. The van der Waals surface area contributed by atoms with Gasteiger partial charge in [0.1, 0.15) is 0 Å². The SMILES string of the molecule is Cc1cc(C)cc(C(=O)N2CCN(C(=O)c3cccs3)CC2)c1. The Morgan fingerprint density at radius 1 is 0.913 bits per heavy atom. The molecule has 0 unspecified atom stereocenters. The molecule has 0 radical (unpaired) electrons. The third-order valence-electron chi connectivity index (χ3n) is 4.05. The van der Waals surface area contributed by atoms with Crippen molar-refractivity contribution in [1.82, 2.24) is 9.80 Å². The molecule has 0 bridgehead atoms. The highest BCUT2D eigenvalue weighted by Crippen LogP contribution is 2.16. The third kappa shape index (κ3) is 3.45. The molecule has 0 spiro atoms. The van der Waals surface area contributed by atoms with Crippen molar-refractivity contribution in [1.29, 1.82) is 0 Å². The topological polar surface area (TPSA) is 40.6 Å². The zero-order chi connectivity index (χ0) is 16.4. The number of hydrogen-bond donors (Lipinski definition) is 0. The van der Waals surface area contributed by atoms with Crippen LogP contribution in [-0.4, -0.2) is 47.8 Å². The van der Waals surface area contributed by atoms with E-state index in [2.05, 4.69) is 6.07 Å². The van der Waals surface area contributed by atoms with Crippen LogP contribution in [0.15, 0.2) is 35.7 Å². The first-order chi connectivity index (χ1) is 11.0. The number of rotatable bonds is 2. The zero-order valence-electron chi connectivity index (χ0n) is 13.4. The molecule has 2 amide bonds. The zero-order valence-corrected chi connectivity index (χ0v) is 14.2. The largest absolute Gasteiger partial charge is 0.335 e. The van der Waals surface area contributed by atoms with Gasteiger partial charge < -0.3 is 9.80 Å². The molecule has 1 aromatic carbocycles. The van der Waals surface area contributed by atoms with Crippen LogP contribution < -0.4 is 0 Å². The quantitative estimate of drug-likeness (QED) is 0.850. The molecule has 1 aromatic heterocycles. The molecule has 2 heterocycles. The number of carbonyl (C=O) groups excluding carboxylic acids is 2. The van der Waals surface area contributed by atoms with Crippen LogP contribution in [0, 0.1) is 13.8 Å². The Bertz CT molecular complexity index is 696. The van der Waals surface area contributed by atoms with Crippen LogP contribution in [0.1, 0.15) is 31.2 Å². The molecule has 2 aromatic rings. The number of hydrogen-bond acceptors (Lipinski definition) is 3. The summed E-state index contributed by atoms with van der Waals surface area (Å²) in [5.41, 5.74) is 2.93. The Labute approximate surface area is 140 Å². The highest BCUT2D eigenvalue weighted by Gasteiger charge is 2.25. The molecule has 0 aliphatic carbocycles. The molecule has 3 rings (SSSR count). The van der Waals surface area contributed by atoms with Gasteiger partial charge in [-0.2, -0.15) is 0 Å². The van der Waals surface area contributed by atoms with Crippen LogP contribution >= 0.6 is 11.3 Å². The van der Waals surface area contributed by atoms with Gasteiger partial charge in [-0.15, -0.1) is 11.3 Å². The highest BCUT2D eigenvalue weighted by atomic mass is 32.1. The molecule has 1 fully saturated rings. The van der Waals surface area contributed by atoms with Crippen molar-refractivity contribution in [3.05, 3.63) is 57.3 Å². The summed E-state index contributed by atoms with van der Waals surface area (Å²) in [7, 11) is 0. The van der Waals surface area contributed by atoms with E-state index >= 15 is 0 Å². The van der Waals surface area contributed by atoms with Gasteiger partial charge in [0, 0.05) is 31.7 Å². The average molecular weight is 328 g/mol. The summed E-state index contributed by atoms with van der Waals surface area (Å²) in [5, 5.41) is 1.91. The predicted molar refractivity (Wildman–Crippen MR) is 92.0 cm³/mol. The summed E-state index contributed by atoms with van der Waals surface area (Å²) >= 11 is 1.46. The van der Waals surface area contributed by atoms with Crippen LogP contribution in [-0.2, 0) is 0 Å². The minimum atomic E-state index is 0.0556. The number of aryl methyl sites for hydroxylation is 2. The molecule has 1 aliphatic rings. The number of nitrogens with zero attached hydrogens (tertiary/aromatic N) is 2. The Hall–Kier alpha value is -2.14. The molecular formula is C18H20N2O2S. The van der Waals surface area contributed by atoms with E-state index in [9.17, 15) is 9.59 Å². The van der Waals surface area contributed by atoms with Gasteiger partial charge in [-0.05, 0) is 37.4 Å². The van der Waals surface area contributed by atoms with Gasteiger partial charge in [0.15, 0.2) is 0 Å². The fraction of sp³-hybridized carbons (Fsp3) is 0.333. The lowest BCUT2D eigenvalue weighted by Gasteiger charge is -2.34. The Morgan fingerprint density at radius 3 is 2.00 bits per heavy atom. The number of amides is 2. The summed E-state index contributed by atoms with van der Waals surface area (Å²) in [5.74, 6) is 0.124. The summed E-state index contributed by atoms with van der Waals surface area (Å²) in [6.45, 7) is 6.36. The van der Waals surface area contributed by atoms with Crippen molar-refractivity contribution in [2.24, 2.45) is 0 Å². The van der Waals surface area contributed by atoms with Crippen LogP contribution in [0.2, 0.25) is 0 Å². The van der Waals surface area contributed by atoms with E-state index in [1.807, 2.05) is 53.3 Å². The fourth-order valence-corrected chi connectivity index (χ4v) is 3.64. The molecule has 1 aliphatic heterocycles. The van der Waals surface area contributed by atoms with Crippen molar-refractivity contribution < 1.29 is 9.59 Å². The number of carbonyl (C=O) groups is 2. The maximum atomic E-state index is 12.6. The van der Waals surface area contributed by atoms with E-state index in [4.69, 9.17) is 0 Å². The maximum Gasteiger partial charge on any atom is 0.264 e. The third-order valence-corrected chi connectivity index (χ3v) is 4.91. The van der Waals surface area contributed by atoms with Crippen molar-refractivity contribution in [3.63, 3.8) is 0 Å². The number of benzene rings is 1. The first kappa shape index (κ1) is 15.7. The summed E-state index contributed by atoms with van der Waals surface area (Å²) in [6.07, 6.45) is 0. The maximum absolute atomic E-state index is 12.6. The van der Waals surface area contributed by atoms with Crippen molar-refractivity contribution in [2.75, 3.05) is 26.2 Å².